The van der Waals surface area contributed by atoms with E-state index in [1.165, 1.54) is 0 Å². The van der Waals surface area contributed by atoms with Crippen LogP contribution in [0.15, 0.2) is 0 Å². The Hall–Kier alpha value is -0.590. The van der Waals surface area contributed by atoms with Gasteiger partial charge in [-0.25, -0.2) is 4.39 Å². The summed E-state index contributed by atoms with van der Waals surface area (Å²) >= 11 is 0. The van der Waals surface area contributed by atoms with Crippen molar-refractivity contribution >= 4 is 0 Å². The first-order chi connectivity index (χ1) is 6.22. The Labute approximate surface area is 78.8 Å². The smallest absolute Gasteiger partial charge is 0.188 e. The zero-order valence-electron chi connectivity index (χ0n) is 7.96. The molecule has 0 aliphatic rings. The van der Waals surface area contributed by atoms with Crippen LogP contribution in [0.2, 0.25) is 0 Å². The van der Waals surface area contributed by atoms with Gasteiger partial charge >= 0.3 is 0 Å². The average molecular weight is 188 g/mol. The van der Waals surface area contributed by atoms with Crippen LogP contribution in [0.25, 0.3) is 0 Å². The Bertz CT molecular complexity index is 171. The molecule has 0 heterocycles. The van der Waals surface area contributed by atoms with Gasteiger partial charge in [0.2, 0.25) is 0 Å². The summed E-state index contributed by atoms with van der Waals surface area (Å²) in [5, 5.41) is 17.2. The van der Waals surface area contributed by atoms with Gasteiger partial charge in [-0.3, -0.25) is 0 Å². The molecule has 0 rings (SSSR count). The summed E-state index contributed by atoms with van der Waals surface area (Å²) in [5.74, 6) is 4.90. The maximum absolute atomic E-state index is 12.7. The Morgan fingerprint density at radius 1 is 1.38 bits per heavy atom. The molecule has 0 spiro atoms. The van der Waals surface area contributed by atoms with Crippen LogP contribution < -0.4 is 0 Å². The van der Waals surface area contributed by atoms with Gasteiger partial charge < -0.3 is 10.2 Å². The van der Waals surface area contributed by atoms with Crippen molar-refractivity contribution < 1.29 is 14.6 Å². The van der Waals surface area contributed by atoms with Crippen molar-refractivity contribution in [3.8, 4) is 11.8 Å². The molecule has 0 aromatic heterocycles. The summed E-state index contributed by atoms with van der Waals surface area (Å²) in [5.41, 5.74) is 0. The number of aliphatic hydroxyl groups is 2. The molecule has 13 heavy (non-hydrogen) atoms. The van der Waals surface area contributed by atoms with E-state index in [4.69, 9.17) is 10.2 Å². The lowest BCUT2D eigenvalue weighted by Crippen LogP contribution is -2.23. The van der Waals surface area contributed by atoms with Crippen LogP contribution in [0, 0.1) is 11.8 Å². The third kappa shape index (κ3) is 6.56. The molecule has 0 aromatic carbocycles. The lowest BCUT2D eigenvalue weighted by Gasteiger charge is -2.05. The minimum Gasteiger partial charge on any atom is -0.394 e. The van der Waals surface area contributed by atoms with E-state index in [1.807, 2.05) is 0 Å². The van der Waals surface area contributed by atoms with Gasteiger partial charge in [-0.1, -0.05) is 25.7 Å². The molecule has 0 saturated heterocycles. The summed E-state index contributed by atoms with van der Waals surface area (Å²) in [7, 11) is 0. The Morgan fingerprint density at radius 3 is 2.62 bits per heavy atom. The van der Waals surface area contributed by atoms with E-state index in [-0.39, 0.29) is 0 Å². The molecule has 0 fully saturated rings. The van der Waals surface area contributed by atoms with Crippen molar-refractivity contribution in [3.05, 3.63) is 0 Å². The number of halogens is 1. The molecule has 0 aliphatic carbocycles. The van der Waals surface area contributed by atoms with Crippen LogP contribution in [0.1, 0.15) is 32.6 Å². The molecule has 2 N–H and O–H groups in total. The predicted octanol–water partition coefficient (Wildman–Crippen LogP) is 1.26. The topological polar surface area (TPSA) is 40.5 Å². The van der Waals surface area contributed by atoms with E-state index in [0.29, 0.717) is 6.42 Å². The molecular formula is C10H17FO2. The zero-order valence-corrected chi connectivity index (χ0v) is 7.96. The van der Waals surface area contributed by atoms with Gasteiger partial charge in [-0.2, -0.15) is 0 Å². The van der Waals surface area contributed by atoms with Crippen molar-refractivity contribution in [3.63, 3.8) is 0 Å². The van der Waals surface area contributed by atoms with Gasteiger partial charge in [0.15, 0.2) is 6.17 Å². The normalized spacial score (nSPS) is 14.5. The molecule has 0 aromatic rings. The van der Waals surface area contributed by atoms with E-state index in [1.54, 1.807) is 0 Å². The fraction of sp³-hybridized carbons (Fsp3) is 0.800. The minimum atomic E-state index is -1.62. The summed E-state index contributed by atoms with van der Waals surface area (Å²) in [6, 6.07) is 0. The highest BCUT2D eigenvalue weighted by molar-refractivity contribution is 5.06. The highest BCUT2D eigenvalue weighted by Gasteiger charge is 2.13. The van der Waals surface area contributed by atoms with Crippen molar-refractivity contribution in [1.82, 2.24) is 0 Å². The number of hydrogen-bond donors (Lipinski definition) is 2. The van der Waals surface area contributed by atoms with E-state index in [2.05, 4.69) is 18.8 Å². The highest BCUT2D eigenvalue weighted by Crippen LogP contribution is 1.99. The van der Waals surface area contributed by atoms with Gasteiger partial charge in [-0.05, 0) is 6.42 Å². The summed E-state index contributed by atoms with van der Waals surface area (Å²) < 4.78 is 12.7. The second-order valence-corrected chi connectivity index (χ2v) is 2.93. The molecule has 2 atom stereocenters. The zero-order chi connectivity index (χ0) is 10.1. The predicted molar refractivity (Wildman–Crippen MR) is 49.9 cm³/mol. The molecule has 2 nitrogen and oxygen atoms in total. The van der Waals surface area contributed by atoms with Gasteiger partial charge in [0.05, 0.1) is 6.61 Å². The summed E-state index contributed by atoms with van der Waals surface area (Å²) in [6.07, 6.45) is 0.844. The fourth-order valence-corrected chi connectivity index (χ4v) is 0.822. The second-order valence-electron chi connectivity index (χ2n) is 2.93. The fourth-order valence-electron chi connectivity index (χ4n) is 0.822. The van der Waals surface area contributed by atoms with Gasteiger partial charge in [0.25, 0.3) is 0 Å². The molecule has 76 valence electrons. The van der Waals surface area contributed by atoms with Crippen LogP contribution >= 0.6 is 0 Å². The number of alkyl halides is 1. The second kappa shape index (κ2) is 8.03. The van der Waals surface area contributed by atoms with E-state index < -0.39 is 18.9 Å². The van der Waals surface area contributed by atoms with Crippen LogP contribution in [0.4, 0.5) is 4.39 Å². The Kier molecular flexibility index (Phi) is 7.66. The third-order valence-corrected chi connectivity index (χ3v) is 1.67. The first-order valence-corrected chi connectivity index (χ1v) is 4.63. The lowest BCUT2D eigenvalue weighted by molar-refractivity contribution is 0.0503. The van der Waals surface area contributed by atoms with Gasteiger partial charge in [0.1, 0.15) is 6.10 Å². The first-order valence-electron chi connectivity index (χ1n) is 4.63. The lowest BCUT2D eigenvalue weighted by atomic mass is 10.2. The van der Waals surface area contributed by atoms with Crippen LogP contribution in [0.5, 0.6) is 0 Å². The van der Waals surface area contributed by atoms with Gasteiger partial charge in [0, 0.05) is 6.42 Å². The first kappa shape index (κ1) is 12.4. The molecule has 0 saturated carbocycles. The Balaban J connectivity index is 3.56. The van der Waals surface area contributed by atoms with Crippen molar-refractivity contribution in [2.75, 3.05) is 6.61 Å². The van der Waals surface area contributed by atoms with Crippen molar-refractivity contribution in [2.24, 2.45) is 0 Å². The SMILES string of the molecule is CCCCCC#CC(F)C(O)CO. The third-order valence-electron chi connectivity index (χ3n) is 1.67. The summed E-state index contributed by atoms with van der Waals surface area (Å²) in [6.45, 7) is 1.51. The molecule has 0 amide bonds. The van der Waals surface area contributed by atoms with Gasteiger partial charge in [-0.15, -0.1) is 5.92 Å². The van der Waals surface area contributed by atoms with Crippen LogP contribution in [-0.2, 0) is 0 Å². The maximum Gasteiger partial charge on any atom is 0.188 e. The minimum absolute atomic E-state index is 0.579. The van der Waals surface area contributed by atoms with E-state index in [9.17, 15) is 4.39 Å². The molecule has 2 unspecified atom stereocenters. The standard InChI is InChI=1S/C10H17FO2/c1-2-3-4-5-6-7-9(11)10(13)8-12/h9-10,12-13H,2-5,8H2,1H3. The molecule has 0 bridgehead atoms. The number of hydrogen-bond acceptors (Lipinski definition) is 2. The monoisotopic (exact) mass is 188 g/mol. The van der Waals surface area contributed by atoms with E-state index >= 15 is 0 Å². The number of rotatable bonds is 5. The van der Waals surface area contributed by atoms with Crippen LogP contribution in [-0.4, -0.2) is 29.1 Å². The van der Waals surface area contributed by atoms with E-state index in [0.717, 1.165) is 19.3 Å². The number of aliphatic hydroxyl groups excluding tert-OH is 2. The average Bonchev–Trinajstić information content (AvgIpc) is 2.16. The van der Waals surface area contributed by atoms with Crippen molar-refractivity contribution in [1.29, 1.82) is 0 Å². The molecule has 0 radical (unpaired) electrons. The number of unbranched alkanes of at least 4 members (excludes halogenated alkanes) is 3. The van der Waals surface area contributed by atoms with Crippen LogP contribution in [0.3, 0.4) is 0 Å². The Morgan fingerprint density at radius 2 is 2.08 bits per heavy atom. The quantitative estimate of drug-likeness (QED) is 0.503. The largest absolute Gasteiger partial charge is 0.394 e. The summed E-state index contributed by atoms with van der Waals surface area (Å²) in [4.78, 5) is 0. The molecule has 3 heteroatoms. The maximum atomic E-state index is 12.7. The molecule has 0 aliphatic heterocycles. The highest BCUT2D eigenvalue weighted by atomic mass is 19.1. The molecular weight excluding hydrogens is 171 g/mol. The van der Waals surface area contributed by atoms with Crippen molar-refractivity contribution in [2.45, 2.75) is 44.9 Å².